The Labute approximate surface area is 169 Å². The number of amides is 2. The number of piperazine rings is 1. The minimum atomic E-state index is -0.279. The summed E-state index contributed by atoms with van der Waals surface area (Å²) in [6.07, 6.45) is 2.05. The highest BCUT2D eigenvalue weighted by molar-refractivity contribution is 5.97. The van der Waals surface area contributed by atoms with Gasteiger partial charge in [0, 0.05) is 43.0 Å². The fraction of sp³-hybridized carbons (Fsp3) is 0.364. The van der Waals surface area contributed by atoms with E-state index >= 15 is 0 Å². The molecule has 1 saturated heterocycles. The summed E-state index contributed by atoms with van der Waals surface area (Å²) in [5.41, 5.74) is 1.98. The summed E-state index contributed by atoms with van der Waals surface area (Å²) >= 11 is 0. The quantitative estimate of drug-likeness (QED) is 0.701. The van der Waals surface area contributed by atoms with Gasteiger partial charge in [0.25, 0.3) is 5.91 Å². The normalized spacial score (nSPS) is 19.6. The highest BCUT2D eigenvalue weighted by atomic mass is 19.1. The van der Waals surface area contributed by atoms with Gasteiger partial charge in [-0.2, -0.15) is 0 Å². The molecule has 2 amide bonds. The van der Waals surface area contributed by atoms with Crippen LogP contribution in [0.5, 0.6) is 0 Å². The molecule has 3 N–H and O–H groups in total. The van der Waals surface area contributed by atoms with Crippen molar-refractivity contribution in [2.75, 3.05) is 31.5 Å². The molecule has 152 valence electrons. The molecule has 7 heteroatoms. The lowest BCUT2D eigenvalue weighted by molar-refractivity contribution is -0.118. The zero-order valence-electron chi connectivity index (χ0n) is 16.2. The topological polar surface area (TPSA) is 73.5 Å². The highest BCUT2D eigenvalue weighted by Gasteiger charge is 2.26. The fourth-order valence-electron chi connectivity index (χ4n) is 3.60. The molecule has 4 rings (SSSR count). The van der Waals surface area contributed by atoms with Gasteiger partial charge in [-0.15, -0.1) is 0 Å². The van der Waals surface area contributed by atoms with E-state index in [0.717, 1.165) is 24.9 Å². The van der Waals surface area contributed by atoms with E-state index in [-0.39, 0.29) is 36.3 Å². The summed E-state index contributed by atoms with van der Waals surface area (Å²) in [7, 11) is 0. The second-order valence-electron chi connectivity index (χ2n) is 7.62. The summed E-state index contributed by atoms with van der Waals surface area (Å²) in [5.74, 6) is -0.552. The van der Waals surface area contributed by atoms with Crippen molar-refractivity contribution < 1.29 is 14.0 Å². The van der Waals surface area contributed by atoms with Crippen molar-refractivity contribution in [3.8, 4) is 0 Å². The van der Waals surface area contributed by atoms with E-state index in [0.29, 0.717) is 24.3 Å². The van der Waals surface area contributed by atoms with E-state index in [1.54, 1.807) is 30.3 Å². The number of rotatable bonds is 6. The number of halogens is 1. The molecule has 0 spiro atoms. The number of carbonyl (C=O) groups is 2. The zero-order chi connectivity index (χ0) is 20.2. The Kier molecular flexibility index (Phi) is 5.87. The van der Waals surface area contributed by atoms with Crippen molar-refractivity contribution in [3.05, 3.63) is 65.5 Å². The molecule has 0 bridgehead atoms. The van der Waals surface area contributed by atoms with E-state index in [1.165, 1.54) is 12.1 Å². The summed E-state index contributed by atoms with van der Waals surface area (Å²) < 4.78 is 13.6. The molecular weight excluding hydrogens is 371 g/mol. The van der Waals surface area contributed by atoms with Crippen molar-refractivity contribution in [1.29, 1.82) is 0 Å². The number of hydrogen-bond donors (Lipinski definition) is 3. The Morgan fingerprint density at radius 3 is 2.76 bits per heavy atom. The predicted octanol–water partition coefficient (Wildman–Crippen LogP) is 2.30. The second kappa shape index (κ2) is 8.71. The maximum absolute atomic E-state index is 13.6. The van der Waals surface area contributed by atoms with Crippen LogP contribution in [-0.2, 0) is 4.79 Å². The maximum atomic E-state index is 13.6. The zero-order valence-corrected chi connectivity index (χ0v) is 16.2. The second-order valence-corrected chi connectivity index (χ2v) is 7.62. The molecule has 0 aromatic heterocycles. The summed E-state index contributed by atoms with van der Waals surface area (Å²) in [5, 5.41) is 9.14. The molecule has 1 heterocycles. The first kappa shape index (κ1) is 19.5. The fourth-order valence-corrected chi connectivity index (χ4v) is 3.60. The first-order valence-electron chi connectivity index (χ1n) is 9.99. The lowest BCUT2D eigenvalue weighted by atomic mass is 10.0. The van der Waals surface area contributed by atoms with Crippen LogP contribution in [-0.4, -0.2) is 48.9 Å². The van der Waals surface area contributed by atoms with Crippen LogP contribution in [0.15, 0.2) is 48.5 Å². The smallest absolute Gasteiger partial charge is 0.251 e. The first-order valence-corrected chi connectivity index (χ1v) is 9.99. The minimum absolute atomic E-state index is 0.0687. The maximum Gasteiger partial charge on any atom is 0.251 e. The Bertz CT molecular complexity index is 900. The van der Waals surface area contributed by atoms with E-state index in [1.807, 2.05) is 11.0 Å². The molecule has 2 fully saturated rings. The molecule has 2 aromatic rings. The lowest BCUT2D eigenvalue weighted by Gasteiger charge is -2.36. The van der Waals surface area contributed by atoms with Crippen LogP contribution < -0.4 is 16.0 Å². The largest absolute Gasteiger partial charge is 0.349 e. The van der Waals surface area contributed by atoms with E-state index in [9.17, 15) is 14.0 Å². The van der Waals surface area contributed by atoms with Gasteiger partial charge in [-0.3, -0.25) is 14.5 Å². The molecule has 1 aliphatic carbocycles. The van der Waals surface area contributed by atoms with Crippen molar-refractivity contribution >= 4 is 17.5 Å². The molecule has 1 unspecified atom stereocenters. The van der Waals surface area contributed by atoms with Crippen LogP contribution in [0, 0.1) is 5.82 Å². The van der Waals surface area contributed by atoms with Crippen molar-refractivity contribution in [2.45, 2.75) is 24.9 Å². The molecule has 2 aromatic carbocycles. The van der Waals surface area contributed by atoms with Gasteiger partial charge in [0.1, 0.15) is 5.82 Å². The monoisotopic (exact) mass is 396 g/mol. The number of nitrogens with one attached hydrogen (secondary N) is 3. The van der Waals surface area contributed by atoms with Gasteiger partial charge in [0.2, 0.25) is 5.91 Å². The molecule has 6 nitrogen and oxygen atoms in total. The third-order valence-electron chi connectivity index (χ3n) is 5.26. The molecule has 29 heavy (non-hydrogen) atoms. The molecular formula is C22H25FN4O2. The van der Waals surface area contributed by atoms with Gasteiger partial charge in [-0.05, 0) is 48.7 Å². The van der Waals surface area contributed by atoms with Crippen molar-refractivity contribution in [1.82, 2.24) is 15.5 Å². The number of carbonyl (C=O) groups excluding carboxylic acids is 2. The van der Waals surface area contributed by atoms with Gasteiger partial charge < -0.3 is 16.0 Å². The number of hydrogen-bond acceptors (Lipinski definition) is 4. The first-order chi connectivity index (χ1) is 14.1. The van der Waals surface area contributed by atoms with Crippen LogP contribution in [0.2, 0.25) is 0 Å². The predicted molar refractivity (Wildman–Crippen MR) is 109 cm³/mol. The average Bonchev–Trinajstić information content (AvgIpc) is 3.52. The SMILES string of the molecule is O=C(CN1CCNCC1c1cccc(F)c1)Nc1cccc(C(=O)NC2CC2)c1. The molecule has 1 atom stereocenters. The van der Waals surface area contributed by atoms with Crippen LogP contribution in [0.3, 0.4) is 0 Å². The van der Waals surface area contributed by atoms with Crippen molar-refractivity contribution in [2.24, 2.45) is 0 Å². The highest BCUT2D eigenvalue weighted by Crippen LogP contribution is 2.23. The summed E-state index contributed by atoms with van der Waals surface area (Å²) in [6, 6.07) is 13.7. The van der Waals surface area contributed by atoms with Gasteiger partial charge in [0.05, 0.1) is 6.54 Å². The summed E-state index contributed by atoms with van der Waals surface area (Å²) in [4.78, 5) is 26.9. The van der Waals surface area contributed by atoms with E-state index in [4.69, 9.17) is 0 Å². The summed E-state index contributed by atoms with van der Waals surface area (Å²) in [6.45, 7) is 2.32. The van der Waals surface area contributed by atoms with Crippen LogP contribution in [0.1, 0.15) is 34.8 Å². The standard InChI is InChI=1S/C22H25FN4O2/c23-17-5-1-3-15(11-17)20-13-24-9-10-27(20)14-21(28)25-19-6-2-4-16(12-19)22(29)26-18-7-8-18/h1-6,11-12,18,20,24H,7-10,13-14H2,(H,25,28)(H,26,29). The van der Waals surface area contributed by atoms with Crippen LogP contribution in [0.4, 0.5) is 10.1 Å². The van der Waals surface area contributed by atoms with Crippen LogP contribution in [0.25, 0.3) is 0 Å². The molecule has 1 aliphatic heterocycles. The Morgan fingerprint density at radius 1 is 1.14 bits per heavy atom. The molecule has 0 radical (unpaired) electrons. The number of benzene rings is 2. The Morgan fingerprint density at radius 2 is 1.97 bits per heavy atom. The third kappa shape index (κ3) is 5.19. The molecule has 1 saturated carbocycles. The van der Waals surface area contributed by atoms with Gasteiger partial charge in [0.15, 0.2) is 0 Å². The molecule has 2 aliphatic rings. The van der Waals surface area contributed by atoms with Gasteiger partial charge in [-0.25, -0.2) is 4.39 Å². The van der Waals surface area contributed by atoms with Gasteiger partial charge >= 0.3 is 0 Å². The minimum Gasteiger partial charge on any atom is -0.349 e. The van der Waals surface area contributed by atoms with E-state index in [2.05, 4.69) is 16.0 Å². The van der Waals surface area contributed by atoms with E-state index < -0.39 is 0 Å². The number of nitrogens with zero attached hydrogens (tertiary/aromatic N) is 1. The lowest BCUT2D eigenvalue weighted by Crippen LogP contribution is -2.48. The average molecular weight is 396 g/mol. The Hall–Kier alpha value is -2.77. The third-order valence-corrected chi connectivity index (χ3v) is 5.26. The van der Waals surface area contributed by atoms with Crippen LogP contribution >= 0.6 is 0 Å². The number of anilines is 1. The van der Waals surface area contributed by atoms with Gasteiger partial charge in [-0.1, -0.05) is 18.2 Å². The van der Waals surface area contributed by atoms with Crippen molar-refractivity contribution in [3.63, 3.8) is 0 Å². The Balaban J connectivity index is 1.39.